The summed E-state index contributed by atoms with van der Waals surface area (Å²) in [6.45, 7) is 1.56. The molecule has 0 unspecified atom stereocenters. The molecule has 19 nitrogen and oxygen atoms in total. The molecule has 0 amide bonds. The third-order valence-corrected chi connectivity index (χ3v) is 12.6. The molecule has 0 aliphatic carbocycles. The van der Waals surface area contributed by atoms with Crippen LogP contribution in [0.5, 0.6) is 0 Å². The van der Waals surface area contributed by atoms with Gasteiger partial charge in [0.1, 0.15) is 28.6 Å². The SMILES string of the molecule is Cc1c(C#N)c(Nc2ccc(S(=O)(=O)O)cc2)nc(Nc2ccc(S(=O)(=O)O)cc2)c1/N=N\c1nc(-c2ccc(C=O)cc2)c(N=Nc2ccc3cc(S)cc(S(=O)(=O)O)c3c2)s1. The molecule has 7 aromatic rings. The number of thiazole rings is 1. The molecule has 0 radical (unpaired) electrons. The van der Waals surface area contributed by atoms with Gasteiger partial charge in [0.05, 0.1) is 21.0 Å². The van der Waals surface area contributed by atoms with Crippen molar-refractivity contribution in [2.45, 2.75) is 26.5 Å². The number of pyridine rings is 1. The van der Waals surface area contributed by atoms with Crippen LogP contribution >= 0.6 is 24.0 Å². The zero-order chi connectivity index (χ0) is 45.3. The molecule has 0 aliphatic rings. The summed E-state index contributed by atoms with van der Waals surface area (Å²) < 4.78 is 99.7. The van der Waals surface area contributed by atoms with Gasteiger partial charge < -0.3 is 10.6 Å². The van der Waals surface area contributed by atoms with Crippen LogP contribution < -0.4 is 10.6 Å². The molecule has 0 saturated carbocycles. The number of benzene rings is 5. The smallest absolute Gasteiger partial charge is 0.295 e. The standard InChI is InChI=1S/C39H27N9O10S5/c1-21-32(19-40)36(41-25-8-12-29(13-9-25)61(50,51)52)44-37(42-26-10-14-30(15-11-26)62(53,54)55)34(21)46-48-39-43-35(23-4-2-22(20-49)3-5-23)38(60-39)47-45-27-7-6-24-16-28(59)18-33(31(24)17-27)63(56,57)58/h2-18,20,59H,1H3,(H2,41,42,44)(H,50,51,52)(H,53,54,55)(H,56,57,58)/b47-45?,48-46-. The van der Waals surface area contributed by atoms with E-state index in [2.05, 4.69) is 59.8 Å². The zero-order valence-corrected chi connectivity index (χ0v) is 36.0. The van der Waals surface area contributed by atoms with Crippen LogP contribution in [0.1, 0.15) is 21.5 Å². The number of anilines is 4. The zero-order valence-electron chi connectivity index (χ0n) is 31.8. The van der Waals surface area contributed by atoms with Crippen LogP contribution in [0.15, 0.2) is 143 Å². The van der Waals surface area contributed by atoms with Gasteiger partial charge in [0.2, 0.25) is 5.13 Å². The van der Waals surface area contributed by atoms with Crippen molar-refractivity contribution in [3.8, 4) is 17.3 Å². The quantitative estimate of drug-likeness (QED) is 0.0271. The molecule has 2 aromatic heterocycles. The number of thiol groups is 1. The third-order valence-electron chi connectivity index (χ3n) is 8.93. The van der Waals surface area contributed by atoms with E-state index in [1.54, 1.807) is 49.4 Å². The molecular formula is C39H27N9O10S5. The minimum absolute atomic E-state index is 0.00124. The summed E-state index contributed by atoms with van der Waals surface area (Å²) in [5.74, 6) is -0.00858. The van der Waals surface area contributed by atoms with Gasteiger partial charge in [-0.15, -0.1) is 33.1 Å². The Morgan fingerprint density at radius 2 is 1.32 bits per heavy atom. The Labute approximate surface area is 367 Å². The predicted molar refractivity (Wildman–Crippen MR) is 235 cm³/mol. The van der Waals surface area contributed by atoms with E-state index in [0.29, 0.717) is 27.7 Å². The van der Waals surface area contributed by atoms with Gasteiger partial charge in [0, 0.05) is 38.3 Å². The number of aldehydes is 1. The number of carbonyl (C=O) groups is 1. The average Bonchev–Trinajstić information content (AvgIpc) is 3.65. The van der Waals surface area contributed by atoms with Crippen molar-refractivity contribution in [1.29, 1.82) is 5.26 Å². The van der Waals surface area contributed by atoms with Gasteiger partial charge in [-0.3, -0.25) is 18.5 Å². The van der Waals surface area contributed by atoms with Gasteiger partial charge in [-0.25, -0.2) is 9.97 Å². The summed E-state index contributed by atoms with van der Waals surface area (Å²) in [6, 6.07) is 25.8. The monoisotopic (exact) mass is 941 g/mol. The minimum atomic E-state index is -4.63. The van der Waals surface area contributed by atoms with Crippen LogP contribution in [0.4, 0.5) is 44.5 Å². The van der Waals surface area contributed by atoms with Crippen molar-refractivity contribution >= 4 is 116 Å². The second-order valence-electron chi connectivity index (χ2n) is 13.1. The summed E-state index contributed by atoms with van der Waals surface area (Å²) >= 11 is 5.18. The topological polar surface area (TPSA) is 303 Å². The molecule has 318 valence electrons. The van der Waals surface area contributed by atoms with Gasteiger partial charge in [0.25, 0.3) is 30.4 Å². The molecule has 7 rings (SSSR count). The summed E-state index contributed by atoms with van der Waals surface area (Å²) in [7, 11) is -13.6. The number of hydrogen-bond acceptors (Lipinski definition) is 18. The number of aromatic nitrogens is 2. The number of carbonyl (C=O) groups excluding carboxylic acids is 1. The number of nitrogens with zero attached hydrogens (tertiary/aromatic N) is 7. The normalized spacial score (nSPS) is 12.2. The lowest BCUT2D eigenvalue weighted by Crippen LogP contribution is -2.05. The van der Waals surface area contributed by atoms with Crippen LogP contribution in [0, 0.1) is 18.3 Å². The molecule has 0 spiro atoms. The van der Waals surface area contributed by atoms with E-state index in [9.17, 15) is 49.0 Å². The van der Waals surface area contributed by atoms with Crippen molar-refractivity contribution < 1.29 is 43.7 Å². The molecule has 5 aromatic carbocycles. The molecule has 24 heteroatoms. The Morgan fingerprint density at radius 1 is 0.714 bits per heavy atom. The predicted octanol–water partition coefficient (Wildman–Crippen LogP) is 9.70. The van der Waals surface area contributed by atoms with E-state index in [1.165, 1.54) is 36.4 Å². The average molecular weight is 942 g/mol. The maximum Gasteiger partial charge on any atom is 0.295 e. The summed E-state index contributed by atoms with van der Waals surface area (Å²) in [5.41, 5.74) is 2.24. The Balaban J connectivity index is 1.31. The highest BCUT2D eigenvalue weighted by molar-refractivity contribution is 7.86. The van der Waals surface area contributed by atoms with E-state index >= 15 is 0 Å². The lowest BCUT2D eigenvalue weighted by molar-refractivity contribution is 0.112. The number of rotatable bonds is 13. The Kier molecular flexibility index (Phi) is 12.3. The highest BCUT2D eigenvalue weighted by atomic mass is 32.2. The highest BCUT2D eigenvalue weighted by Crippen LogP contribution is 2.43. The first-order valence-electron chi connectivity index (χ1n) is 17.6. The van der Waals surface area contributed by atoms with E-state index in [4.69, 9.17) is 0 Å². The maximum atomic E-state index is 12.2. The number of nitriles is 1. The largest absolute Gasteiger partial charge is 0.339 e. The number of nitrogens with one attached hydrogen (secondary N) is 2. The third kappa shape index (κ3) is 10.1. The Bertz CT molecular complexity index is 3410. The van der Waals surface area contributed by atoms with E-state index in [1.807, 2.05) is 0 Å². The molecule has 0 aliphatic heterocycles. The summed E-state index contributed by atoms with van der Waals surface area (Å²) in [5, 5.41) is 34.7. The van der Waals surface area contributed by atoms with E-state index in [-0.39, 0.29) is 81.4 Å². The first-order chi connectivity index (χ1) is 29.8. The van der Waals surface area contributed by atoms with Crippen molar-refractivity contribution in [3.05, 3.63) is 120 Å². The molecule has 2 heterocycles. The molecule has 0 saturated heterocycles. The lowest BCUT2D eigenvalue weighted by atomic mass is 10.1. The van der Waals surface area contributed by atoms with E-state index < -0.39 is 30.4 Å². The molecule has 0 atom stereocenters. The fraction of sp³-hybridized carbons (Fsp3) is 0.0256. The fourth-order valence-corrected chi connectivity index (χ4v) is 8.69. The Hall–Kier alpha value is -6.82. The molecule has 63 heavy (non-hydrogen) atoms. The summed E-state index contributed by atoms with van der Waals surface area (Å²) in [4.78, 5) is 19.8. The van der Waals surface area contributed by atoms with Gasteiger partial charge in [-0.1, -0.05) is 41.7 Å². The van der Waals surface area contributed by atoms with Crippen molar-refractivity contribution in [2.75, 3.05) is 10.6 Å². The lowest BCUT2D eigenvalue weighted by Gasteiger charge is -2.16. The molecule has 0 bridgehead atoms. The van der Waals surface area contributed by atoms with Crippen molar-refractivity contribution in [3.63, 3.8) is 0 Å². The number of azo groups is 2. The van der Waals surface area contributed by atoms with Gasteiger partial charge >= 0.3 is 0 Å². The van der Waals surface area contributed by atoms with Crippen LogP contribution in [0.25, 0.3) is 22.0 Å². The molecule has 0 fully saturated rings. The van der Waals surface area contributed by atoms with Crippen molar-refractivity contribution in [2.24, 2.45) is 20.5 Å². The van der Waals surface area contributed by atoms with Gasteiger partial charge in [-0.05, 0) is 85.1 Å². The van der Waals surface area contributed by atoms with E-state index in [0.717, 1.165) is 35.6 Å². The van der Waals surface area contributed by atoms with Gasteiger partial charge in [0.15, 0.2) is 16.6 Å². The maximum absolute atomic E-state index is 12.2. The number of fused-ring (bicyclic) bond motifs is 1. The Morgan fingerprint density at radius 3 is 1.87 bits per heavy atom. The number of hydrogen-bond donors (Lipinski definition) is 6. The van der Waals surface area contributed by atoms with Crippen molar-refractivity contribution in [1.82, 2.24) is 9.97 Å². The second kappa shape index (κ2) is 17.5. The minimum Gasteiger partial charge on any atom is -0.339 e. The van der Waals surface area contributed by atoms with Crippen LogP contribution in [0.3, 0.4) is 0 Å². The summed E-state index contributed by atoms with van der Waals surface area (Å²) in [6.07, 6.45) is 0.670. The van der Waals surface area contributed by atoms with Crippen LogP contribution in [-0.4, -0.2) is 55.2 Å². The fourth-order valence-electron chi connectivity index (χ4n) is 5.91. The molecular weight excluding hydrogens is 915 g/mol. The van der Waals surface area contributed by atoms with Crippen LogP contribution in [0.2, 0.25) is 0 Å². The van der Waals surface area contributed by atoms with Gasteiger partial charge in [-0.2, -0.15) is 30.5 Å². The second-order valence-corrected chi connectivity index (χ2v) is 18.8. The first kappa shape index (κ1) is 44.2. The highest BCUT2D eigenvalue weighted by Gasteiger charge is 2.21. The first-order valence-corrected chi connectivity index (χ1v) is 23.2. The van der Waals surface area contributed by atoms with Crippen LogP contribution in [-0.2, 0) is 30.4 Å². The molecule has 5 N–H and O–H groups in total.